The lowest BCUT2D eigenvalue weighted by Crippen LogP contribution is -2.26. The van der Waals surface area contributed by atoms with Crippen molar-refractivity contribution in [3.05, 3.63) is 17.1 Å². The fourth-order valence-electron chi connectivity index (χ4n) is 0.826. The molecular formula is C8H14N2S. The lowest BCUT2D eigenvalue weighted by atomic mass is 9.86. The second kappa shape index (κ2) is 2.91. The predicted octanol–water partition coefficient (Wildman–Crippen LogP) is 2.19. The molecule has 1 unspecified atom stereocenters. The van der Waals surface area contributed by atoms with E-state index < -0.39 is 0 Å². The molecule has 0 aliphatic rings. The van der Waals surface area contributed by atoms with Gasteiger partial charge < -0.3 is 5.73 Å². The molecule has 0 bridgehead atoms. The summed E-state index contributed by atoms with van der Waals surface area (Å²) in [5, 5.41) is 1.96. The summed E-state index contributed by atoms with van der Waals surface area (Å²) in [6.07, 6.45) is 0. The van der Waals surface area contributed by atoms with Crippen molar-refractivity contribution in [2.45, 2.75) is 26.8 Å². The Kier molecular flexibility index (Phi) is 2.30. The number of hydrogen-bond donors (Lipinski definition) is 1. The van der Waals surface area contributed by atoms with Crippen molar-refractivity contribution < 1.29 is 0 Å². The van der Waals surface area contributed by atoms with Gasteiger partial charge in [0.15, 0.2) is 0 Å². The van der Waals surface area contributed by atoms with Gasteiger partial charge in [0, 0.05) is 5.38 Å². The van der Waals surface area contributed by atoms with Crippen LogP contribution in [0.15, 0.2) is 11.4 Å². The van der Waals surface area contributed by atoms with Crippen molar-refractivity contribution in [2.75, 3.05) is 0 Å². The Morgan fingerprint density at radius 2 is 2.18 bits per heavy atom. The predicted molar refractivity (Wildman–Crippen MR) is 48.5 cm³/mol. The van der Waals surface area contributed by atoms with Gasteiger partial charge >= 0.3 is 0 Å². The molecule has 0 saturated heterocycles. The molecule has 2 nitrogen and oxygen atoms in total. The van der Waals surface area contributed by atoms with Gasteiger partial charge in [-0.05, 0) is 23.0 Å². The van der Waals surface area contributed by atoms with E-state index in [1.807, 2.05) is 11.4 Å². The highest BCUT2D eigenvalue weighted by Crippen LogP contribution is 2.29. The van der Waals surface area contributed by atoms with E-state index in [1.165, 1.54) is 11.5 Å². The van der Waals surface area contributed by atoms with Crippen LogP contribution in [0.4, 0.5) is 0 Å². The summed E-state index contributed by atoms with van der Waals surface area (Å²) in [7, 11) is 0. The molecule has 2 N–H and O–H groups in total. The zero-order chi connectivity index (χ0) is 8.48. The summed E-state index contributed by atoms with van der Waals surface area (Å²) >= 11 is 1.45. The standard InChI is InChI=1S/C8H14N2S/c1-8(2,3)7(9)6-4-5-11-10-6/h4-5,7H,9H2,1-3H3. The first-order valence-electron chi connectivity index (χ1n) is 3.67. The van der Waals surface area contributed by atoms with E-state index in [-0.39, 0.29) is 11.5 Å². The van der Waals surface area contributed by atoms with E-state index in [9.17, 15) is 0 Å². The van der Waals surface area contributed by atoms with Gasteiger partial charge in [0.25, 0.3) is 0 Å². The average Bonchev–Trinajstić information content (AvgIpc) is 2.34. The first kappa shape index (κ1) is 8.68. The molecule has 1 rings (SSSR count). The molecule has 0 fully saturated rings. The molecule has 1 aromatic rings. The monoisotopic (exact) mass is 170 g/mol. The molecule has 0 aromatic carbocycles. The van der Waals surface area contributed by atoms with E-state index in [4.69, 9.17) is 5.73 Å². The van der Waals surface area contributed by atoms with E-state index in [0.29, 0.717) is 0 Å². The van der Waals surface area contributed by atoms with Crippen LogP contribution in [0.3, 0.4) is 0 Å². The van der Waals surface area contributed by atoms with Gasteiger partial charge in [-0.1, -0.05) is 20.8 Å². The molecule has 1 heterocycles. The fourth-order valence-corrected chi connectivity index (χ4v) is 1.38. The molecule has 0 aliphatic carbocycles. The summed E-state index contributed by atoms with van der Waals surface area (Å²) < 4.78 is 4.20. The Balaban J connectivity index is 2.78. The Morgan fingerprint density at radius 3 is 2.55 bits per heavy atom. The Hall–Kier alpha value is -0.410. The third-order valence-electron chi connectivity index (χ3n) is 1.71. The fraction of sp³-hybridized carbons (Fsp3) is 0.625. The van der Waals surface area contributed by atoms with Gasteiger partial charge in [-0.15, -0.1) is 0 Å². The van der Waals surface area contributed by atoms with Gasteiger partial charge in [-0.3, -0.25) is 0 Å². The topological polar surface area (TPSA) is 38.9 Å². The number of rotatable bonds is 1. The summed E-state index contributed by atoms with van der Waals surface area (Å²) in [5.74, 6) is 0. The van der Waals surface area contributed by atoms with Gasteiger partial charge in [0.1, 0.15) is 0 Å². The Bertz CT molecular complexity index is 210. The van der Waals surface area contributed by atoms with Crippen LogP contribution in [0.2, 0.25) is 0 Å². The van der Waals surface area contributed by atoms with Crippen molar-refractivity contribution >= 4 is 11.5 Å². The maximum absolute atomic E-state index is 5.96. The third kappa shape index (κ3) is 2.01. The summed E-state index contributed by atoms with van der Waals surface area (Å²) in [6, 6.07) is 2.04. The van der Waals surface area contributed by atoms with Crippen molar-refractivity contribution in [2.24, 2.45) is 11.1 Å². The molecule has 11 heavy (non-hydrogen) atoms. The number of aromatic nitrogens is 1. The van der Waals surface area contributed by atoms with Crippen molar-refractivity contribution in [3.63, 3.8) is 0 Å². The van der Waals surface area contributed by atoms with Gasteiger partial charge in [-0.25, -0.2) is 0 Å². The van der Waals surface area contributed by atoms with E-state index in [0.717, 1.165) is 5.69 Å². The highest BCUT2D eigenvalue weighted by Gasteiger charge is 2.23. The highest BCUT2D eigenvalue weighted by atomic mass is 32.1. The lowest BCUT2D eigenvalue weighted by molar-refractivity contribution is 0.323. The summed E-state index contributed by atoms with van der Waals surface area (Å²) in [5.41, 5.74) is 7.07. The number of nitrogens with two attached hydrogens (primary N) is 1. The molecule has 1 atom stereocenters. The van der Waals surface area contributed by atoms with Crippen molar-refractivity contribution in [3.8, 4) is 0 Å². The van der Waals surface area contributed by atoms with Gasteiger partial charge in [0.05, 0.1) is 11.7 Å². The number of hydrogen-bond acceptors (Lipinski definition) is 3. The minimum absolute atomic E-state index is 0.0498. The second-order valence-electron chi connectivity index (χ2n) is 3.77. The molecular weight excluding hydrogens is 156 g/mol. The molecule has 0 aliphatic heterocycles. The molecule has 3 heteroatoms. The lowest BCUT2D eigenvalue weighted by Gasteiger charge is -2.25. The van der Waals surface area contributed by atoms with Crippen LogP contribution in [0.5, 0.6) is 0 Å². The SMILES string of the molecule is CC(C)(C)C(N)c1ccsn1. The van der Waals surface area contributed by atoms with Crippen molar-refractivity contribution in [1.82, 2.24) is 4.37 Å². The largest absolute Gasteiger partial charge is 0.322 e. The van der Waals surface area contributed by atoms with Crippen LogP contribution in [0.25, 0.3) is 0 Å². The van der Waals surface area contributed by atoms with E-state index >= 15 is 0 Å². The minimum atomic E-state index is 0.0498. The van der Waals surface area contributed by atoms with E-state index in [2.05, 4.69) is 25.1 Å². The molecule has 0 spiro atoms. The van der Waals surface area contributed by atoms with Crippen LogP contribution < -0.4 is 5.73 Å². The van der Waals surface area contributed by atoms with Crippen LogP contribution >= 0.6 is 11.5 Å². The average molecular weight is 170 g/mol. The maximum Gasteiger partial charge on any atom is 0.0714 e. The van der Waals surface area contributed by atoms with Crippen LogP contribution in [-0.2, 0) is 0 Å². The molecule has 0 radical (unpaired) electrons. The quantitative estimate of drug-likeness (QED) is 0.701. The molecule has 62 valence electrons. The minimum Gasteiger partial charge on any atom is -0.322 e. The highest BCUT2D eigenvalue weighted by molar-refractivity contribution is 7.03. The zero-order valence-corrected chi connectivity index (χ0v) is 7.98. The normalized spacial score (nSPS) is 14.9. The molecule has 1 aromatic heterocycles. The molecule has 0 saturated carbocycles. The van der Waals surface area contributed by atoms with Crippen LogP contribution in [0, 0.1) is 5.41 Å². The van der Waals surface area contributed by atoms with Gasteiger partial charge in [-0.2, -0.15) is 4.37 Å². The van der Waals surface area contributed by atoms with Gasteiger partial charge in [0.2, 0.25) is 0 Å². The smallest absolute Gasteiger partial charge is 0.0714 e. The second-order valence-corrected chi connectivity index (χ2v) is 4.43. The van der Waals surface area contributed by atoms with Crippen LogP contribution in [0.1, 0.15) is 32.5 Å². The van der Waals surface area contributed by atoms with Crippen LogP contribution in [-0.4, -0.2) is 4.37 Å². The third-order valence-corrected chi connectivity index (χ3v) is 2.28. The Morgan fingerprint density at radius 1 is 1.55 bits per heavy atom. The number of nitrogens with zero attached hydrogens (tertiary/aromatic N) is 1. The summed E-state index contributed by atoms with van der Waals surface area (Å²) in [4.78, 5) is 0. The Labute approximate surface area is 71.6 Å². The first-order chi connectivity index (χ1) is 5.02. The zero-order valence-electron chi connectivity index (χ0n) is 7.16. The molecule has 0 amide bonds. The summed E-state index contributed by atoms with van der Waals surface area (Å²) in [6.45, 7) is 6.37. The van der Waals surface area contributed by atoms with Crippen molar-refractivity contribution in [1.29, 1.82) is 0 Å². The van der Waals surface area contributed by atoms with E-state index in [1.54, 1.807) is 0 Å². The first-order valence-corrected chi connectivity index (χ1v) is 4.51. The maximum atomic E-state index is 5.96.